The highest BCUT2D eigenvalue weighted by molar-refractivity contribution is 9.10. The Morgan fingerprint density at radius 2 is 2.17 bits per heavy atom. The summed E-state index contributed by atoms with van der Waals surface area (Å²) >= 11 is 3.33. The number of hydrogen-bond acceptors (Lipinski definition) is 3. The second kappa shape index (κ2) is 5.28. The highest BCUT2D eigenvalue weighted by atomic mass is 79.9. The first kappa shape index (κ1) is 14.0. The first-order valence-corrected chi connectivity index (χ1v) is 8.21. The Morgan fingerprint density at radius 1 is 1.50 bits per heavy atom. The van der Waals surface area contributed by atoms with Gasteiger partial charge in [0.15, 0.2) is 0 Å². The van der Waals surface area contributed by atoms with Crippen molar-refractivity contribution < 1.29 is 8.42 Å². The highest BCUT2D eigenvalue weighted by Crippen LogP contribution is 2.33. The Labute approximate surface area is 116 Å². The normalized spacial score (nSPS) is 17.7. The molecule has 1 aliphatic rings. The molecule has 2 rings (SSSR count). The Hall–Kier alpha value is -0.430. The fourth-order valence-electron chi connectivity index (χ4n) is 1.93. The second-order valence-electron chi connectivity index (χ2n) is 4.69. The van der Waals surface area contributed by atoms with Crippen LogP contribution in [-0.2, 0) is 10.0 Å². The van der Waals surface area contributed by atoms with Crippen molar-refractivity contribution in [2.75, 3.05) is 6.54 Å². The number of hydrogen-bond donors (Lipinski definition) is 2. The molecule has 4 nitrogen and oxygen atoms in total. The molecule has 0 spiro atoms. The summed E-state index contributed by atoms with van der Waals surface area (Å²) in [5, 5.41) is 0. The van der Waals surface area contributed by atoms with Gasteiger partial charge >= 0.3 is 0 Å². The third-order valence-corrected chi connectivity index (χ3v) is 6.04. The van der Waals surface area contributed by atoms with E-state index in [0.717, 1.165) is 18.4 Å². The van der Waals surface area contributed by atoms with Gasteiger partial charge in [-0.25, -0.2) is 13.1 Å². The number of halogens is 1. The second-order valence-corrected chi connectivity index (χ2v) is 7.16. The summed E-state index contributed by atoms with van der Waals surface area (Å²) in [6.07, 6.45) is 2.11. The molecule has 0 saturated heterocycles. The minimum atomic E-state index is -3.51. The summed E-state index contributed by atoms with van der Waals surface area (Å²) in [7, 11) is -3.51. The molecule has 3 N–H and O–H groups in total. The molecule has 0 heterocycles. The van der Waals surface area contributed by atoms with Crippen LogP contribution >= 0.6 is 15.9 Å². The largest absolute Gasteiger partial charge is 0.329 e. The molecule has 0 radical (unpaired) electrons. The lowest BCUT2D eigenvalue weighted by molar-refractivity contribution is 0.519. The van der Waals surface area contributed by atoms with Gasteiger partial charge in [0.25, 0.3) is 0 Å². The van der Waals surface area contributed by atoms with E-state index in [0.29, 0.717) is 16.9 Å². The number of nitrogens with one attached hydrogen (secondary N) is 1. The highest BCUT2D eigenvalue weighted by Gasteiger charge is 2.33. The van der Waals surface area contributed by atoms with Crippen molar-refractivity contribution in [3.8, 4) is 0 Å². The fraction of sp³-hybridized carbons (Fsp3) is 0.500. The first-order chi connectivity index (χ1) is 8.45. The molecule has 1 aliphatic carbocycles. The maximum atomic E-state index is 12.3. The van der Waals surface area contributed by atoms with E-state index in [-0.39, 0.29) is 10.9 Å². The average Bonchev–Trinajstić information content (AvgIpc) is 3.13. The molecule has 0 unspecified atom stereocenters. The molecule has 1 atom stereocenters. The van der Waals surface area contributed by atoms with Crippen LogP contribution in [0.15, 0.2) is 27.6 Å². The van der Waals surface area contributed by atoms with E-state index < -0.39 is 10.0 Å². The first-order valence-electron chi connectivity index (χ1n) is 5.93. The molecule has 1 aromatic carbocycles. The lowest BCUT2D eigenvalue weighted by Crippen LogP contribution is -2.41. The molecule has 1 saturated carbocycles. The maximum absolute atomic E-state index is 12.3. The number of benzene rings is 1. The van der Waals surface area contributed by atoms with Crippen molar-refractivity contribution in [3.05, 3.63) is 28.2 Å². The predicted octanol–water partition coefficient (Wildman–Crippen LogP) is 1.77. The molecule has 0 amide bonds. The number of sulfonamides is 1. The molecule has 0 bridgehead atoms. The topological polar surface area (TPSA) is 72.2 Å². The number of rotatable bonds is 5. The van der Waals surface area contributed by atoms with E-state index in [1.165, 1.54) is 0 Å². The van der Waals surface area contributed by atoms with Gasteiger partial charge in [-0.2, -0.15) is 0 Å². The van der Waals surface area contributed by atoms with Gasteiger partial charge < -0.3 is 5.73 Å². The van der Waals surface area contributed by atoms with Crippen LogP contribution in [0.3, 0.4) is 0 Å². The van der Waals surface area contributed by atoms with Crippen molar-refractivity contribution in [2.24, 2.45) is 11.7 Å². The quantitative estimate of drug-likeness (QED) is 0.863. The van der Waals surface area contributed by atoms with E-state index in [1.54, 1.807) is 12.1 Å². The molecular weight excluding hydrogens is 316 g/mol. The molecule has 0 aromatic heterocycles. The minimum Gasteiger partial charge on any atom is -0.329 e. The summed E-state index contributed by atoms with van der Waals surface area (Å²) in [5.41, 5.74) is 6.53. The SMILES string of the molecule is Cc1cccc(S(=O)(=O)N[C@@H](CN)C2CC2)c1Br. The monoisotopic (exact) mass is 332 g/mol. The van der Waals surface area contributed by atoms with Crippen LogP contribution in [-0.4, -0.2) is 21.0 Å². The maximum Gasteiger partial charge on any atom is 0.242 e. The van der Waals surface area contributed by atoms with Crippen LogP contribution in [0.2, 0.25) is 0 Å². The third kappa shape index (κ3) is 2.93. The summed E-state index contributed by atoms with van der Waals surface area (Å²) in [6, 6.07) is 5.05. The summed E-state index contributed by atoms with van der Waals surface area (Å²) in [5.74, 6) is 0.397. The lowest BCUT2D eigenvalue weighted by atomic mass is 10.2. The van der Waals surface area contributed by atoms with Gasteiger partial charge in [-0.05, 0) is 53.2 Å². The lowest BCUT2D eigenvalue weighted by Gasteiger charge is -2.17. The average molecular weight is 333 g/mol. The van der Waals surface area contributed by atoms with Gasteiger partial charge in [0, 0.05) is 17.1 Å². The van der Waals surface area contributed by atoms with Crippen LogP contribution in [0.5, 0.6) is 0 Å². The molecular formula is C12H17BrN2O2S. The van der Waals surface area contributed by atoms with Crippen LogP contribution in [0.4, 0.5) is 0 Å². The molecule has 1 aromatic rings. The van der Waals surface area contributed by atoms with Crippen LogP contribution in [0, 0.1) is 12.8 Å². The van der Waals surface area contributed by atoms with Gasteiger partial charge in [0.05, 0.1) is 4.90 Å². The van der Waals surface area contributed by atoms with Crippen molar-refractivity contribution in [1.29, 1.82) is 0 Å². The van der Waals surface area contributed by atoms with Gasteiger partial charge in [0.1, 0.15) is 0 Å². The molecule has 6 heteroatoms. The number of nitrogens with two attached hydrogens (primary N) is 1. The van der Waals surface area contributed by atoms with E-state index in [9.17, 15) is 8.42 Å². The Morgan fingerprint density at radius 3 is 2.72 bits per heavy atom. The van der Waals surface area contributed by atoms with E-state index in [2.05, 4.69) is 20.7 Å². The zero-order valence-corrected chi connectivity index (χ0v) is 12.6. The van der Waals surface area contributed by atoms with Crippen molar-refractivity contribution in [1.82, 2.24) is 4.72 Å². The van der Waals surface area contributed by atoms with Crippen molar-refractivity contribution in [2.45, 2.75) is 30.7 Å². The van der Waals surface area contributed by atoms with Crippen LogP contribution < -0.4 is 10.5 Å². The smallest absolute Gasteiger partial charge is 0.242 e. The van der Waals surface area contributed by atoms with Crippen molar-refractivity contribution >= 4 is 26.0 Å². The predicted molar refractivity (Wildman–Crippen MR) is 74.8 cm³/mol. The van der Waals surface area contributed by atoms with Gasteiger partial charge in [-0.3, -0.25) is 0 Å². The van der Waals surface area contributed by atoms with E-state index >= 15 is 0 Å². The Balaban J connectivity index is 2.27. The Kier molecular flexibility index (Phi) is 4.11. The summed E-state index contributed by atoms with van der Waals surface area (Å²) < 4.78 is 27.9. The summed E-state index contributed by atoms with van der Waals surface area (Å²) in [4.78, 5) is 0.279. The zero-order valence-electron chi connectivity index (χ0n) is 10.2. The van der Waals surface area contributed by atoms with Gasteiger partial charge in [-0.1, -0.05) is 12.1 Å². The summed E-state index contributed by atoms with van der Waals surface area (Å²) in [6.45, 7) is 2.21. The van der Waals surface area contributed by atoms with Gasteiger partial charge in [-0.15, -0.1) is 0 Å². The molecule has 0 aliphatic heterocycles. The minimum absolute atomic E-state index is 0.151. The molecule has 18 heavy (non-hydrogen) atoms. The number of aryl methyl sites for hydroxylation is 1. The third-order valence-electron chi connectivity index (χ3n) is 3.20. The van der Waals surface area contributed by atoms with Gasteiger partial charge in [0.2, 0.25) is 10.0 Å². The molecule has 100 valence electrons. The van der Waals surface area contributed by atoms with Crippen LogP contribution in [0.1, 0.15) is 18.4 Å². The van der Waals surface area contributed by atoms with Crippen LogP contribution in [0.25, 0.3) is 0 Å². The van der Waals surface area contributed by atoms with E-state index in [4.69, 9.17) is 5.73 Å². The van der Waals surface area contributed by atoms with Crippen molar-refractivity contribution in [3.63, 3.8) is 0 Å². The zero-order chi connectivity index (χ0) is 13.3. The Bertz CT molecular complexity index is 541. The van der Waals surface area contributed by atoms with E-state index in [1.807, 2.05) is 13.0 Å². The molecule has 1 fully saturated rings. The fourth-order valence-corrected chi connectivity index (χ4v) is 4.30. The standard InChI is InChI=1S/C12H17BrN2O2S/c1-8-3-2-4-11(12(8)13)18(16,17)15-10(7-14)9-5-6-9/h2-4,9-10,15H,5-7,14H2,1H3/t10-/m0/s1.